The van der Waals surface area contributed by atoms with Crippen LogP contribution in [0, 0.1) is 0 Å². The molecule has 112 valence electrons. The number of hydrogen-bond donors (Lipinski definition) is 0. The predicted molar refractivity (Wildman–Crippen MR) is 86.5 cm³/mol. The number of ether oxygens (including phenoxy) is 1. The summed E-state index contributed by atoms with van der Waals surface area (Å²) in [6, 6.07) is 17.3. The van der Waals surface area contributed by atoms with Gasteiger partial charge in [-0.05, 0) is 35.3 Å². The molecule has 1 unspecified atom stereocenters. The fraction of sp³-hybridized carbons (Fsp3) is 0.158. The first-order chi connectivity index (χ1) is 10.7. The summed E-state index contributed by atoms with van der Waals surface area (Å²) in [5.41, 5.74) is 3.54. The van der Waals surface area contributed by atoms with E-state index in [2.05, 4.69) is 0 Å². The van der Waals surface area contributed by atoms with Crippen LogP contribution in [0.1, 0.15) is 29.5 Å². The number of aldehydes is 1. The Balaban J connectivity index is 2.44. The molecule has 0 fully saturated rings. The maximum absolute atomic E-state index is 11.7. The molecule has 0 radical (unpaired) electrons. The number of rotatable bonds is 5. The Kier molecular flexibility index (Phi) is 5.26. The maximum atomic E-state index is 11.7. The maximum Gasteiger partial charge on any atom is 0.312 e. The first kappa shape index (κ1) is 15.7. The summed E-state index contributed by atoms with van der Waals surface area (Å²) in [5, 5.41) is 0. The third-order valence-corrected chi connectivity index (χ3v) is 3.57. The Hall–Kier alpha value is -2.68. The van der Waals surface area contributed by atoms with Gasteiger partial charge < -0.3 is 4.74 Å². The Labute approximate surface area is 130 Å². The highest BCUT2D eigenvalue weighted by molar-refractivity contribution is 5.90. The van der Waals surface area contributed by atoms with E-state index in [4.69, 9.17) is 4.74 Å². The minimum atomic E-state index is -0.349. The molecule has 1 atom stereocenters. The number of hydrogen-bond acceptors (Lipinski definition) is 3. The Morgan fingerprint density at radius 3 is 2.36 bits per heavy atom. The van der Waals surface area contributed by atoms with Crippen molar-refractivity contribution < 1.29 is 14.3 Å². The van der Waals surface area contributed by atoms with Crippen LogP contribution < -0.4 is 0 Å². The minimum Gasteiger partial charge on any atom is -0.469 e. The molecule has 0 N–H and O–H groups in total. The monoisotopic (exact) mass is 294 g/mol. The first-order valence-corrected chi connectivity index (χ1v) is 7.06. The van der Waals surface area contributed by atoms with Gasteiger partial charge in [-0.25, -0.2) is 0 Å². The lowest BCUT2D eigenvalue weighted by Gasteiger charge is -2.13. The molecule has 0 aliphatic carbocycles. The lowest BCUT2D eigenvalue weighted by atomic mass is 9.93. The van der Waals surface area contributed by atoms with Crippen molar-refractivity contribution in [1.29, 1.82) is 0 Å². The average molecular weight is 294 g/mol. The van der Waals surface area contributed by atoms with E-state index in [1.807, 2.05) is 54.6 Å². The molecule has 0 aliphatic heterocycles. The Morgan fingerprint density at radius 2 is 1.73 bits per heavy atom. The van der Waals surface area contributed by atoms with Crippen LogP contribution in [0.3, 0.4) is 0 Å². The summed E-state index contributed by atoms with van der Waals surface area (Å²) in [4.78, 5) is 22.7. The van der Waals surface area contributed by atoms with Gasteiger partial charge in [0, 0.05) is 0 Å². The van der Waals surface area contributed by atoms with Crippen molar-refractivity contribution in [2.24, 2.45) is 0 Å². The molecule has 0 bridgehead atoms. The Bertz CT molecular complexity index is 687. The summed E-state index contributed by atoms with van der Waals surface area (Å²) < 4.78 is 4.79. The van der Waals surface area contributed by atoms with Gasteiger partial charge in [0.15, 0.2) is 0 Å². The van der Waals surface area contributed by atoms with Crippen molar-refractivity contribution in [2.75, 3.05) is 7.11 Å². The largest absolute Gasteiger partial charge is 0.469 e. The fourth-order valence-corrected chi connectivity index (χ4v) is 2.33. The SMILES string of the molecule is COC(=O)C(C)c1cccc(C(=CC=O)c2ccccc2)c1. The lowest BCUT2D eigenvalue weighted by Crippen LogP contribution is -2.10. The third kappa shape index (κ3) is 3.50. The number of benzene rings is 2. The predicted octanol–water partition coefficient (Wildman–Crippen LogP) is 3.59. The topological polar surface area (TPSA) is 43.4 Å². The van der Waals surface area contributed by atoms with Gasteiger partial charge in [0.25, 0.3) is 0 Å². The summed E-state index contributed by atoms with van der Waals surface area (Å²) in [6.07, 6.45) is 2.32. The number of carbonyl (C=O) groups excluding carboxylic acids is 2. The van der Waals surface area contributed by atoms with E-state index in [-0.39, 0.29) is 11.9 Å². The lowest BCUT2D eigenvalue weighted by molar-refractivity contribution is -0.142. The zero-order valence-electron chi connectivity index (χ0n) is 12.7. The summed E-state index contributed by atoms with van der Waals surface area (Å²) >= 11 is 0. The van der Waals surface area contributed by atoms with Gasteiger partial charge in [-0.1, -0.05) is 54.6 Å². The van der Waals surface area contributed by atoms with Crippen LogP contribution in [-0.4, -0.2) is 19.4 Å². The quantitative estimate of drug-likeness (QED) is 0.481. The van der Waals surface area contributed by atoms with Gasteiger partial charge in [0.1, 0.15) is 6.29 Å². The molecule has 0 saturated heterocycles. The van der Waals surface area contributed by atoms with Gasteiger partial charge in [0.05, 0.1) is 13.0 Å². The first-order valence-electron chi connectivity index (χ1n) is 7.06. The Morgan fingerprint density at radius 1 is 1.05 bits per heavy atom. The van der Waals surface area contributed by atoms with Crippen molar-refractivity contribution >= 4 is 17.8 Å². The van der Waals surface area contributed by atoms with E-state index in [9.17, 15) is 9.59 Å². The van der Waals surface area contributed by atoms with Gasteiger partial charge in [-0.3, -0.25) is 9.59 Å². The van der Waals surface area contributed by atoms with Gasteiger partial charge in [0.2, 0.25) is 0 Å². The van der Waals surface area contributed by atoms with Crippen molar-refractivity contribution in [1.82, 2.24) is 0 Å². The second kappa shape index (κ2) is 7.36. The van der Waals surface area contributed by atoms with E-state index in [1.165, 1.54) is 13.2 Å². The molecule has 0 amide bonds. The molecule has 0 aromatic heterocycles. The molecular formula is C19H18O3. The van der Waals surface area contributed by atoms with Crippen molar-refractivity contribution in [2.45, 2.75) is 12.8 Å². The van der Waals surface area contributed by atoms with Gasteiger partial charge in [-0.2, -0.15) is 0 Å². The molecule has 2 aromatic rings. The van der Waals surface area contributed by atoms with Crippen LogP contribution in [0.5, 0.6) is 0 Å². The second-order valence-corrected chi connectivity index (χ2v) is 4.95. The zero-order chi connectivity index (χ0) is 15.9. The van der Waals surface area contributed by atoms with Gasteiger partial charge in [-0.15, -0.1) is 0 Å². The number of carbonyl (C=O) groups is 2. The van der Waals surface area contributed by atoms with Crippen molar-refractivity contribution in [3.05, 3.63) is 77.4 Å². The van der Waals surface area contributed by atoms with Crippen molar-refractivity contribution in [3.8, 4) is 0 Å². The molecular weight excluding hydrogens is 276 g/mol. The van der Waals surface area contributed by atoms with E-state index < -0.39 is 0 Å². The van der Waals surface area contributed by atoms with E-state index >= 15 is 0 Å². The summed E-state index contributed by atoms with van der Waals surface area (Å²) in [7, 11) is 1.38. The smallest absolute Gasteiger partial charge is 0.312 e. The molecule has 22 heavy (non-hydrogen) atoms. The van der Waals surface area contributed by atoms with Crippen molar-refractivity contribution in [3.63, 3.8) is 0 Å². The molecule has 0 saturated carbocycles. The standard InChI is InChI=1S/C19H18O3/c1-14(19(21)22-2)16-9-6-10-17(13-16)18(11-12-20)15-7-4-3-5-8-15/h3-14H,1-2H3. The summed E-state index contributed by atoms with van der Waals surface area (Å²) in [5.74, 6) is -0.629. The van der Waals surface area contributed by atoms with Crippen LogP contribution in [0.2, 0.25) is 0 Å². The highest BCUT2D eigenvalue weighted by atomic mass is 16.5. The van der Waals surface area contributed by atoms with Gasteiger partial charge >= 0.3 is 5.97 Å². The molecule has 2 aromatic carbocycles. The number of methoxy groups -OCH3 is 1. The fourth-order valence-electron chi connectivity index (χ4n) is 2.33. The highest BCUT2D eigenvalue weighted by Crippen LogP contribution is 2.26. The highest BCUT2D eigenvalue weighted by Gasteiger charge is 2.16. The molecule has 3 heteroatoms. The molecule has 0 aliphatic rings. The molecule has 2 rings (SSSR count). The van der Waals surface area contributed by atoms with E-state index in [0.717, 1.165) is 28.5 Å². The molecule has 0 spiro atoms. The van der Waals surface area contributed by atoms with Crippen LogP contribution in [0.15, 0.2) is 60.7 Å². The minimum absolute atomic E-state index is 0.280. The summed E-state index contributed by atoms with van der Waals surface area (Å²) in [6.45, 7) is 1.80. The van der Waals surface area contributed by atoms with Crippen LogP contribution in [-0.2, 0) is 14.3 Å². The van der Waals surface area contributed by atoms with E-state index in [0.29, 0.717) is 0 Å². The van der Waals surface area contributed by atoms with Crippen LogP contribution in [0.25, 0.3) is 5.57 Å². The number of esters is 1. The molecule has 3 nitrogen and oxygen atoms in total. The zero-order valence-corrected chi connectivity index (χ0v) is 12.7. The normalized spacial score (nSPS) is 12.5. The second-order valence-electron chi connectivity index (χ2n) is 4.95. The number of allylic oxidation sites excluding steroid dienone is 1. The van der Waals surface area contributed by atoms with Crippen LogP contribution >= 0.6 is 0 Å². The van der Waals surface area contributed by atoms with Crippen LogP contribution in [0.4, 0.5) is 0 Å². The average Bonchev–Trinajstić information content (AvgIpc) is 2.59. The van der Waals surface area contributed by atoms with E-state index in [1.54, 1.807) is 6.92 Å². The molecule has 0 heterocycles. The third-order valence-electron chi connectivity index (χ3n) is 3.57.